The molecule has 0 radical (unpaired) electrons. The van der Waals surface area contributed by atoms with Crippen LogP contribution in [0.25, 0.3) is 11.1 Å². The van der Waals surface area contributed by atoms with E-state index in [0.717, 1.165) is 25.1 Å². The van der Waals surface area contributed by atoms with Gasteiger partial charge in [-0.1, -0.05) is 33.5 Å². The zero-order valence-electron chi connectivity index (χ0n) is 11.2. The number of aromatic nitrogens is 2. The van der Waals surface area contributed by atoms with E-state index in [1.165, 1.54) is 5.56 Å². The normalized spacial score (nSPS) is 10.7. The Morgan fingerprint density at radius 1 is 1.30 bits per heavy atom. The number of benzene rings is 1. The number of nitrogens with one attached hydrogen (secondary N) is 2. The highest BCUT2D eigenvalue weighted by Gasteiger charge is 2.04. The van der Waals surface area contributed by atoms with Gasteiger partial charge in [0.1, 0.15) is 5.57 Å². The van der Waals surface area contributed by atoms with Crippen LogP contribution in [0.3, 0.4) is 0 Å². The number of aromatic amines is 1. The first-order valence-corrected chi connectivity index (χ1v) is 7.13. The SMILES string of the molecule is NCCCNCc1ccc(-c2cnc(P)[nH]c2=O)cc1. The zero-order chi connectivity index (χ0) is 14.4. The molecule has 0 saturated heterocycles. The second kappa shape index (κ2) is 7.29. The van der Waals surface area contributed by atoms with E-state index >= 15 is 0 Å². The molecular formula is C14H19N4OP. The summed E-state index contributed by atoms with van der Waals surface area (Å²) >= 11 is 0. The van der Waals surface area contributed by atoms with Gasteiger partial charge >= 0.3 is 0 Å². The first-order chi connectivity index (χ1) is 9.70. The molecule has 0 bridgehead atoms. The van der Waals surface area contributed by atoms with Gasteiger partial charge < -0.3 is 16.0 Å². The summed E-state index contributed by atoms with van der Waals surface area (Å²) in [6.07, 6.45) is 2.57. The quantitative estimate of drug-likeness (QED) is 0.530. The van der Waals surface area contributed by atoms with Crippen LogP contribution in [-0.2, 0) is 6.54 Å². The molecule has 0 spiro atoms. The molecule has 0 aliphatic carbocycles. The number of H-pyrrole nitrogens is 1. The average Bonchev–Trinajstić information content (AvgIpc) is 2.45. The minimum atomic E-state index is -0.126. The van der Waals surface area contributed by atoms with Gasteiger partial charge in [0.25, 0.3) is 5.56 Å². The van der Waals surface area contributed by atoms with E-state index in [1.807, 2.05) is 24.3 Å². The van der Waals surface area contributed by atoms with Crippen LogP contribution in [0.1, 0.15) is 12.0 Å². The van der Waals surface area contributed by atoms with Crippen LogP contribution in [0.15, 0.2) is 35.3 Å². The fourth-order valence-corrected chi connectivity index (χ4v) is 2.08. The molecule has 1 heterocycles. The summed E-state index contributed by atoms with van der Waals surface area (Å²) < 4.78 is 0. The number of nitrogens with two attached hydrogens (primary N) is 1. The van der Waals surface area contributed by atoms with E-state index in [0.29, 0.717) is 17.7 Å². The van der Waals surface area contributed by atoms with Crippen LogP contribution in [-0.4, -0.2) is 23.1 Å². The Bertz CT molecular complexity index is 609. The smallest absolute Gasteiger partial charge is 0.259 e. The number of hydrogen-bond acceptors (Lipinski definition) is 4. The van der Waals surface area contributed by atoms with Crippen LogP contribution < -0.4 is 22.2 Å². The Hall–Kier alpha value is -1.55. The highest BCUT2D eigenvalue weighted by Crippen LogP contribution is 2.14. The largest absolute Gasteiger partial charge is 0.330 e. The maximum Gasteiger partial charge on any atom is 0.259 e. The first kappa shape index (κ1) is 14.9. The van der Waals surface area contributed by atoms with Crippen LogP contribution in [0.4, 0.5) is 0 Å². The molecule has 0 amide bonds. The molecule has 1 aromatic carbocycles. The lowest BCUT2D eigenvalue weighted by atomic mass is 10.1. The van der Waals surface area contributed by atoms with Crippen molar-refractivity contribution in [2.24, 2.45) is 5.73 Å². The molecular weight excluding hydrogens is 271 g/mol. The van der Waals surface area contributed by atoms with Gasteiger partial charge in [0.2, 0.25) is 0 Å². The van der Waals surface area contributed by atoms with Crippen LogP contribution in [0.5, 0.6) is 0 Å². The topological polar surface area (TPSA) is 83.8 Å². The Balaban J connectivity index is 2.06. The van der Waals surface area contributed by atoms with Gasteiger partial charge in [-0.05, 0) is 30.6 Å². The van der Waals surface area contributed by atoms with E-state index < -0.39 is 0 Å². The second-order valence-electron chi connectivity index (χ2n) is 4.53. The van der Waals surface area contributed by atoms with Crippen molar-refractivity contribution in [3.8, 4) is 11.1 Å². The van der Waals surface area contributed by atoms with E-state index in [-0.39, 0.29) is 5.56 Å². The fourth-order valence-electron chi connectivity index (χ4n) is 1.88. The van der Waals surface area contributed by atoms with Gasteiger partial charge in [-0.2, -0.15) is 0 Å². The molecule has 0 aliphatic heterocycles. The molecule has 2 rings (SSSR count). The molecule has 1 atom stereocenters. The van der Waals surface area contributed by atoms with Crippen molar-refractivity contribution in [3.05, 3.63) is 46.4 Å². The standard InChI is InChI=1S/C14H19N4OP/c15-6-1-7-16-8-10-2-4-11(5-3-10)12-9-17-14(20)18-13(12)19/h2-5,9,16H,1,6-8,15,20H2,(H,17,18,19). The third kappa shape index (κ3) is 3.97. The molecule has 106 valence electrons. The van der Waals surface area contributed by atoms with Gasteiger partial charge in [-0.3, -0.25) is 4.79 Å². The van der Waals surface area contributed by atoms with Crippen molar-refractivity contribution in [1.29, 1.82) is 0 Å². The van der Waals surface area contributed by atoms with E-state index in [2.05, 4.69) is 24.5 Å². The van der Waals surface area contributed by atoms with Gasteiger partial charge in [0, 0.05) is 12.7 Å². The van der Waals surface area contributed by atoms with Gasteiger partial charge in [0.15, 0.2) is 0 Å². The van der Waals surface area contributed by atoms with Crippen molar-refractivity contribution < 1.29 is 0 Å². The van der Waals surface area contributed by atoms with E-state index in [1.54, 1.807) is 6.20 Å². The predicted octanol–water partition coefficient (Wildman–Crippen LogP) is 0.376. The molecule has 1 aromatic heterocycles. The van der Waals surface area contributed by atoms with Crippen molar-refractivity contribution in [3.63, 3.8) is 0 Å². The summed E-state index contributed by atoms with van der Waals surface area (Å²) in [6.45, 7) is 2.42. The fraction of sp³-hybridized carbons (Fsp3) is 0.286. The molecule has 2 aromatic rings. The second-order valence-corrected chi connectivity index (χ2v) is 5.07. The van der Waals surface area contributed by atoms with E-state index in [4.69, 9.17) is 5.73 Å². The maximum atomic E-state index is 11.8. The Morgan fingerprint density at radius 2 is 2.05 bits per heavy atom. The molecule has 20 heavy (non-hydrogen) atoms. The number of rotatable bonds is 6. The molecule has 0 saturated carbocycles. The lowest BCUT2D eigenvalue weighted by molar-refractivity contribution is 0.655. The summed E-state index contributed by atoms with van der Waals surface area (Å²) in [5, 5.41) is 3.32. The van der Waals surface area contributed by atoms with Crippen LogP contribution in [0, 0.1) is 0 Å². The molecule has 4 N–H and O–H groups in total. The Morgan fingerprint density at radius 3 is 2.70 bits per heavy atom. The molecule has 1 unspecified atom stereocenters. The van der Waals surface area contributed by atoms with Crippen LogP contribution >= 0.6 is 9.24 Å². The third-order valence-corrected chi connectivity index (χ3v) is 3.26. The molecule has 6 heteroatoms. The molecule has 0 fully saturated rings. The summed E-state index contributed by atoms with van der Waals surface area (Å²) in [6, 6.07) is 7.90. The number of hydrogen-bond donors (Lipinski definition) is 3. The molecule has 5 nitrogen and oxygen atoms in total. The maximum absolute atomic E-state index is 11.8. The highest BCUT2D eigenvalue weighted by molar-refractivity contribution is 7.26. The highest BCUT2D eigenvalue weighted by atomic mass is 31.0. The molecule has 0 aliphatic rings. The Kier molecular flexibility index (Phi) is 5.41. The van der Waals surface area contributed by atoms with Crippen LogP contribution in [0.2, 0.25) is 0 Å². The van der Waals surface area contributed by atoms with Gasteiger partial charge in [-0.25, -0.2) is 4.98 Å². The minimum Gasteiger partial charge on any atom is -0.330 e. The minimum absolute atomic E-state index is 0.126. The lowest BCUT2D eigenvalue weighted by Gasteiger charge is -2.05. The van der Waals surface area contributed by atoms with Crippen molar-refractivity contribution in [1.82, 2.24) is 15.3 Å². The lowest BCUT2D eigenvalue weighted by Crippen LogP contribution is -2.19. The summed E-state index contributed by atoms with van der Waals surface area (Å²) in [5.74, 6) is 0. The van der Waals surface area contributed by atoms with Crippen molar-refractivity contribution >= 4 is 14.8 Å². The summed E-state index contributed by atoms with van der Waals surface area (Å²) in [7, 11) is 2.38. The monoisotopic (exact) mass is 290 g/mol. The first-order valence-electron chi connectivity index (χ1n) is 6.55. The zero-order valence-corrected chi connectivity index (χ0v) is 12.4. The van der Waals surface area contributed by atoms with Gasteiger partial charge in [0.05, 0.1) is 5.56 Å². The third-order valence-electron chi connectivity index (χ3n) is 2.97. The average molecular weight is 290 g/mol. The predicted molar refractivity (Wildman–Crippen MR) is 85.0 cm³/mol. The summed E-state index contributed by atoms with van der Waals surface area (Å²) in [4.78, 5) is 18.6. The Labute approximate surface area is 120 Å². The number of nitrogens with zero attached hydrogens (tertiary/aromatic N) is 1. The van der Waals surface area contributed by atoms with Crippen molar-refractivity contribution in [2.45, 2.75) is 13.0 Å². The summed E-state index contributed by atoms with van der Waals surface area (Å²) in [5.41, 5.74) is 8.48. The van der Waals surface area contributed by atoms with Gasteiger partial charge in [-0.15, -0.1) is 0 Å². The van der Waals surface area contributed by atoms with Crippen molar-refractivity contribution in [2.75, 3.05) is 13.1 Å². The van der Waals surface area contributed by atoms with E-state index in [9.17, 15) is 4.79 Å².